The summed E-state index contributed by atoms with van der Waals surface area (Å²) in [5, 5.41) is 0. The number of fused-ring (bicyclic) bond motifs is 30. The molecule has 0 spiro atoms. The average molecular weight is 1680 g/mol. The number of hydrogen-bond acceptors (Lipinski definition) is 12. The molecule has 123 heavy (non-hydrogen) atoms. The summed E-state index contributed by atoms with van der Waals surface area (Å²) in [5.41, 5.74) is -0.712. The first-order valence-electron chi connectivity index (χ1n) is 52.8. The summed E-state index contributed by atoms with van der Waals surface area (Å²) in [7, 11) is 0. The van der Waals surface area contributed by atoms with Crippen molar-refractivity contribution in [2.75, 3.05) is 0 Å². The molecular formula is C111H158O12. The van der Waals surface area contributed by atoms with E-state index in [1.54, 1.807) is 0 Å². The van der Waals surface area contributed by atoms with Gasteiger partial charge in [0.2, 0.25) is 0 Å². The monoisotopic (exact) mass is 1680 g/mol. The van der Waals surface area contributed by atoms with E-state index in [-0.39, 0.29) is 105 Å². The third-order valence-electron chi connectivity index (χ3n) is 42.0. The topological polar surface area (TPSA) is 158 Å². The number of unbranched alkanes of at least 4 members (excludes halogenated alkanes) is 1. The van der Waals surface area contributed by atoms with Gasteiger partial charge in [0, 0.05) is 11.8 Å². The summed E-state index contributed by atoms with van der Waals surface area (Å²) in [6.45, 7) is 18.0. The van der Waals surface area contributed by atoms with Crippen molar-refractivity contribution in [3.05, 3.63) is 72.9 Å². The second-order valence-corrected chi connectivity index (χ2v) is 49.1. The van der Waals surface area contributed by atoms with Crippen LogP contribution in [0.3, 0.4) is 0 Å². The molecule has 0 aromatic heterocycles. The van der Waals surface area contributed by atoms with Crippen LogP contribution < -0.4 is 0 Å². The first-order chi connectivity index (χ1) is 59.3. The molecule has 0 aliphatic heterocycles. The lowest BCUT2D eigenvalue weighted by atomic mass is 9.68. The SMILES string of the molecule is CC(C)C1(OC(=O)C2CC3C=CC2C3)CC2CC1C1CCCC21.CC(C)C1(OC(=O)C2CC3C=CC2C3)CC2CCC1C2.CC1(OC(=O)C2CC3C=CC2C3)CC2CC1C1CCCC21.CC1(OC(=O)C2CC3C=CC2C3)CC2CCC1C2.CCCC1(OC(=O)C2CC3C=CC2C3)CC2CCC1C2.CCCCC1(OC(=O)C2CC3C=CC2C3)CC2CCC1C2. The van der Waals surface area contributed by atoms with Gasteiger partial charge >= 0.3 is 35.8 Å². The van der Waals surface area contributed by atoms with Crippen molar-refractivity contribution in [3.8, 4) is 0 Å². The Bertz CT molecular complexity index is 4160. The molecule has 0 saturated heterocycles. The van der Waals surface area contributed by atoms with Gasteiger partial charge in [0.05, 0.1) is 35.5 Å². The molecule has 0 heterocycles. The van der Waals surface area contributed by atoms with E-state index in [4.69, 9.17) is 28.4 Å². The van der Waals surface area contributed by atoms with Crippen LogP contribution in [0.2, 0.25) is 0 Å². The molecule has 0 aromatic carbocycles. The summed E-state index contributed by atoms with van der Waals surface area (Å²) in [5.74, 6) is 21.9. The van der Waals surface area contributed by atoms with Crippen molar-refractivity contribution >= 4 is 35.8 Å². The summed E-state index contributed by atoms with van der Waals surface area (Å²) in [6.07, 6.45) is 80.1. The second-order valence-electron chi connectivity index (χ2n) is 49.1. The minimum absolute atomic E-state index is 0.0818. The maximum Gasteiger partial charge on any atom is 0.310 e. The smallest absolute Gasteiger partial charge is 0.310 e. The van der Waals surface area contributed by atoms with Crippen LogP contribution in [-0.4, -0.2) is 69.4 Å². The number of rotatable bonds is 19. The number of esters is 6. The molecule has 0 radical (unpaired) electrons. The minimum Gasteiger partial charge on any atom is -0.459 e. The van der Waals surface area contributed by atoms with E-state index < -0.39 is 0 Å². The van der Waals surface area contributed by atoms with Crippen molar-refractivity contribution in [3.63, 3.8) is 0 Å². The van der Waals surface area contributed by atoms with Crippen LogP contribution in [0.15, 0.2) is 72.9 Å². The molecule has 674 valence electrons. The highest BCUT2D eigenvalue weighted by atomic mass is 16.6. The van der Waals surface area contributed by atoms with Crippen LogP contribution in [0, 0.1) is 213 Å². The molecule has 0 aromatic rings. The van der Waals surface area contributed by atoms with Gasteiger partial charge in [-0.05, 0) is 430 Å². The van der Waals surface area contributed by atoms with Gasteiger partial charge in [-0.25, -0.2) is 0 Å². The lowest BCUT2D eigenvalue weighted by Gasteiger charge is -2.45. The first kappa shape index (κ1) is 85.1. The Labute approximate surface area is 739 Å². The molecule has 26 aliphatic rings. The molecular weight excluding hydrogens is 1530 g/mol. The van der Waals surface area contributed by atoms with E-state index in [2.05, 4.69) is 128 Å². The van der Waals surface area contributed by atoms with E-state index in [1.807, 2.05) is 0 Å². The molecule has 20 fully saturated rings. The maximum absolute atomic E-state index is 13.0. The Hall–Kier alpha value is -4.74. The van der Waals surface area contributed by atoms with Gasteiger partial charge in [0.1, 0.15) is 33.6 Å². The van der Waals surface area contributed by atoms with Crippen LogP contribution in [0.5, 0.6) is 0 Å². The van der Waals surface area contributed by atoms with Gasteiger partial charge in [-0.1, -0.05) is 140 Å². The Kier molecular flexibility index (Phi) is 23.0. The van der Waals surface area contributed by atoms with E-state index in [1.165, 1.54) is 180 Å². The van der Waals surface area contributed by atoms with Crippen molar-refractivity contribution in [1.82, 2.24) is 0 Å². The lowest BCUT2D eigenvalue weighted by Crippen LogP contribution is -2.50. The van der Waals surface area contributed by atoms with Crippen LogP contribution in [-0.2, 0) is 57.2 Å². The number of hydrogen-bond donors (Lipinski definition) is 0. The predicted octanol–water partition coefficient (Wildman–Crippen LogP) is 24.4. The fourth-order valence-corrected chi connectivity index (χ4v) is 36.1. The molecule has 12 heteroatoms. The molecule has 12 nitrogen and oxygen atoms in total. The van der Waals surface area contributed by atoms with Gasteiger partial charge in [0.25, 0.3) is 0 Å². The largest absolute Gasteiger partial charge is 0.459 e. The zero-order valence-electron chi connectivity index (χ0n) is 77.0. The maximum atomic E-state index is 13.0. The fraction of sp³-hybridized carbons (Fsp3) is 0.838. The number of carbonyl (C=O) groups is 6. The fourth-order valence-electron chi connectivity index (χ4n) is 36.1. The third-order valence-corrected chi connectivity index (χ3v) is 42.0. The van der Waals surface area contributed by atoms with Crippen LogP contribution in [0.25, 0.3) is 0 Å². The molecule has 26 aliphatic carbocycles. The average Bonchev–Trinajstić information content (AvgIpc) is 1.56. The van der Waals surface area contributed by atoms with E-state index in [0.717, 1.165) is 155 Å². The molecule has 0 amide bonds. The minimum atomic E-state index is -0.140. The van der Waals surface area contributed by atoms with E-state index in [9.17, 15) is 28.8 Å². The summed E-state index contributed by atoms with van der Waals surface area (Å²) in [4.78, 5) is 76.3. The Balaban J connectivity index is 0.0000000908. The summed E-state index contributed by atoms with van der Waals surface area (Å²) < 4.78 is 37.5. The van der Waals surface area contributed by atoms with Gasteiger partial charge in [0.15, 0.2) is 0 Å². The quantitative estimate of drug-likeness (QED) is 0.0686. The van der Waals surface area contributed by atoms with Crippen molar-refractivity contribution in [1.29, 1.82) is 0 Å². The third kappa shape index (κ3) is 15.4. The summed E-state index contributed by atoms with van der Waals surface area (Å²) in [6, 6.07) is 0. The molecule has 24 bridgehead atoms. The van der Waals surface area contributed by atoms with Crippen molar-refractivity contribution in [2.24, 2.45) is 213 Å². The van der Waals surface area contributed by atoms with Crippen LogP contribution in [0.1, 0.15) is 331 Å². The highest BCUT2D eigenvalue weighted by Gasteiger charge is 2.67. The van der Waals surface area contributed by atoms with Gasteiger partial charge in [-0.3, -0.25) is 28.8 Å². The molecule has 26 rings (SSSR count). The molecule has 40 unspecified atom stereocenters. The standard InChI is InChI=1S/C21H30O2.C19H26O2.C19H28O2.2C18H26O2.C16H22O2/c1-12(2)21(11-15-10-19(21)17-5-3-4-16(15)17)23-20(22)18-9-13-6-7-14(18)8-13;1-19(10-13-9-17(19)15-4-2-3-14(13)15)21-18(20)16-8-11-5-6-12(16)7-11;1-2-3-8-19(12-14-5-7-16(19)10-14)21-18(20)17-11-13-4-6-15(17)9-13;1-11(2)18(10-13-4-6-15(18)8-13)20-17(19)16-9-12-3-5-14(16)7-12;1-2-7-18(11-13-4-6-15(18)9-13)20-17(19)16-10-12-3-5-14(16)8-12;1-16(9-11-3-5-13(16)7-11)18-15(17)14-8-10-2-4-12(14)6-10/h6-7,12-19H,3-5,8-11H2,1-2H3;5-6,11-17H,2-4,7-10H2,1H3;4,6,13-17H,2-3,5,7-12H2,1H3;3,5,11-16H,4,6-10H2,1-2H3;3,5,12-16H,2,4,6-11H2,1H3;2,4,10-14H,3,5-9H2,1H3. The first-order valence-corrected chi connectivity index (χ1v) is 52.8. The normalized spacial score (nSPS) is 50.7. The Morgan fingerprint density at radius 1 is 0.293 bits per heavy atom. The molecule has 0 N–H and O–H groups in total. The van der Waals surface area contributed by atoms with Gasteiger partial charge in [-0.15, -0.1) is 0 Å². The summed E-state index contributed by atoms with van der Waals surface area (Å²) >= 11 is 0. The number of allylic oxidation sites excluding steroid dienone is 12. The second kappa shape index (κ2) is 33.3. The highest BCUT2D eigenvalue weighted by Crippen LogP contribution is 2.68. The molecule has 40 atom stereocenters. The van der Waals surface area contributed by atoms with Crippen LogP contribution >= 0.6 is 0 Å². The van der Waals surface area contributed by atoms with E-state index >= 15 is 0 Å². The van der Waals surface area contributed by atoms with Crippen LogP contribution in [0.4, 0.5) is 0 Å². The van der Waals surface area contributed by atoms with Gasteiger partial charge < -0.3 is 28.4 Å². The molecule has 20 saturated carbocycles. The predicted molar refractivity (Wildman–Crippen MR) is 477 cm³/mol. The zero-order chi connectivity index (χ0) is 84.4. The van der Waals surface area contributed by atoms with Crippen molar-refractivity contribution in [2.45, 2.75) is 365 Å². The Morgan fingerprint density at radius 3 is 0.976 bits per heavy atom. The Morgan fingerprint density at radius 2 is 0.634 bits per heavy atom. The zero-order valence-corrected chi connectivity index (χ0v) is 77.0. The van der Waals surface area contributed by atoms with E-state index in [0.29, 0.717) is 118 Å². The lowest BCUT2D eigenvalue weighted by molar-refractivity contribution is -0.184. The van der Waals surface area contributed by atoms with Gasteiger partial charge in [-0.2, -0.15) is 0 Å². The highest BCUT2D eigenvalue weighted by molar-refractivity contribution is 5.78. The van der Waals surface area contributed by atoms with Crippen molar-refractivity contribution < 1.29 is 57.2 Å². The number of ether oxygens (including phenoxy) is 6. The number of carbonyl (C=O) groups excluding carboxylic acids is 6.